The summed E-state index contributed by atoms with van der Waals surface area (Å²) < 4.78 is 18.3. The maximum atomic E-state index is 13.0. The Morgan fingerprint density at radius 2 is 2.18 bits per heavy atom. The van der Waals surface area contributed by atoms with Crippen LogP contribution in [-0.4, -0.2) is 29.0 Å². The molecule has 0 spiro atoms. The fourth-order valence-corrected chi connectivity index (χ4v) is 2.27. The molecule has 0 radical (unpaired) electrons. The van der Waals surface area contributed by atoms with E-state index in [0.717, 1.165) is 19.3 Å². The van der Waals surface area contributed by atoms with E-state index >= 15 is 0 Å². The number of halogens is 1. The fraction of sp³-hybridized carbons (Fsp3) is 0.333. The molecule has 3 rings (SSSR count). The van der Waals surface area contributed by atoms with Crippen LogP contribution in [0.4, 0.5) is 4.39 Å². The number of ether oxygens (including phenoxy) is 1. The second kappa shape index (κ2) is 6.67. The van der Waals surface area contributed by atoms with E-state index in [4.69, 9.17) is 9.57 Å². The van der Waals surface area contributed by atoms with E-state index in [0.29, 0.717) is 23.4 Å². The van der Waals surface area contributed by atoms with E-state index in [1.165, 1.54) is 18.3 Å². The normalized spacial score (nSPS) is 18.1. The summed E-state index contributed by atoms with van der Waals surface area (Å²) in [7, 11) is 0. The number of aromatic amines is 1. The maximum Gasteiger partial charge on any atom is 0.278 e. The number of nitrogens with zero attached hydrogens (tertiary/aromatic N) is 1. The Morgan fingerprint density at radius 3 is 2.91 bits per heavy atom. The summed E-state index contributed by atoms with van der Waals surface area (Å²) in [4.78, 5) is 17.4. The summed E-state index contributed by atoms with van der Waals surface area (Å²) >= 11 is 0. The van der Waals surface area contributed by atoms with Crippen molar-refractivity contribution in [2.45, 2.75) is 25.6 Å². The molecule has 0 bridgehead atoms. The van der Waals surface area contributed by atoms with Crippen LogP contribution in [0, 0.1) is 5.82 Å². The van der Waals surface area contributed by atoms with Gasteiger partial charge in [-0.25, -0.2) is 14.7 Å². The molecule has 1 unspecified atom stereocenters. The van der Waals surface area contributed by atoms with Crippen molar-refractivity contribution in [2.75, 3.05) is 6.61 Å². The quantitative estimate of drug-likeness (QED) is 0.851. The highest BCUT2D eigenvalue weighted by Crippen LogP contribution is 2.21. The number of aromatic nitrogens is 2. The summed E-state index contributed by atoms with van der Waals surface area (Å²) in [5, 5.41) is 6.61. The van der Waals surface area contributed by atoms with E-state index in [1.807, 2.05) is 0 Å². The van der Waals surface area contributed by atoms with Crippen LogP contribution in [0.1, 0.15) is 29.6 Å². The number of amides is 1. The second-order valence-electron chi connectivity index (χ2n) is 5.01. The molecule has 116 valence electrons. The molecule has 2 aromatic rings. The molecule has 1 atom stereocenters. The lowest BCUT2D eigenvalue weighted by molar-refractivity contribution is -0.186. The van der Waals surface area contributed by atoms with Crippen LogP contribution in [-0.2, 0) is 9.57 Å². The Kier molecular flexibility index (Phi) is 4.45. The zero-order chi connectivity index (χ0) is 15.4. The summed E-state index contributed by atoms with van der Waals surface area (Å²) in [5.41, 5.74) is 3.87. The van der Waals surface area contributed by atoms with Crippen molar-refractivity contribution in [3.05, 3.63) is 41.8 Å². The summed E-state index contributed by atoms with van der Waals surface area (Å²) in [6.45, 7) is 0.632. The van der Waals surface area contributed by atoms with Gasteiger partial charge in [0.15, 0.2) is 6.29 Å². The lowest BCUT2D eigenvalue weighted by Gasteiger charge is -2.22. The number of hydrogen-bond donors (Lipinski definition) is 2. The van der Waals surface area contributed by atoms with Gasteiger partial charge in [0.05, 0.1) is 17.5 Å². The van der Waals surface area contributed by atoms with Gasteiger partial charge in [-0.2, -0.15) is 5.10 Å². The van der Waals surface area contributed by atoms with Gasteiger partial charge in [-0.3, -0.25) is 9.89 Å². The first kappa shape index (κ1) is 14.7. The molecule has 0 aliphatic carbocycles. The third kappa shape index (κ3) is 3.32. The number of hydrogen-bond acceptors (Lipinski definition) is 4. The molecule has 22 heavy (non-hydrogen) atoms. The largest absolute Gasteiger partial charge is 0.350 e. The molecular weight excluding hydrogens is 289 g/mol. The van der Waals surface area contributed by atoms with Crippen LogP contribution in [0.2, 0.25) is 0 Å². The molecule has 0 saturated carbocycles. The zero-order valence-corrected chi connectivity index (χ0v) is 11.8. The van der Waals surface area contributed by atoms with E-state index in [-0.39, 0.29) is 5.82 Å². The Morgan fingerprint density at radius 1 is 1.36 bits per heavy atom. The van der Waals surface area contributed by atoms with Gasteiger partial charge >= 0.3 is 0 Å². The molecule has 1 fully saturated rings. The first-order valence-electron chi connectivity index (χ1n) is 7.11. The molecule has 1 saturated heterocycles. The van der Waals surface area contributed by atoms with Gasteiger partial charge in [-0.05, 0) is 37.1 Å². The van der Waals surface area contributed by atoms with E-state index in [2.05, 4.69) is 15.7 Å². The Balaban J connectivity index is 1.68. The molecule has 2 heterocycles. The number of hydroxylamine groups is 1. The highest BCUT2D eigenvalue weighted by Gasteiger charge is 2.19. The van der Waals surface area contributed by atoms with Crippen LogP contribution in [0.3, 0.4) is 0 Å². The lowest BCUT2D eigenvalue weighted by Crippen LogP contribution is -2.33. The molecule has 1 aliphatic rings. The van der Waals surface area contributed by atoms with E-state index in [1.54, 1.807) is 12.1 Å². The van der Waals surface area contributed by atoms with Crippen LogP contribution < -0.4 is 5.48 Å². The number of rotatable bonds is 4. The first-order chi connectivity index (χ1) is 10.7. The predicted octanol–water partition coefficient (Wildman–Crippen LogP) is 2.40. The molecule has 1 amide bonds. The Bertz CT molecular complexity index is 636. The van der Waals surface area contributed by atoms with Crippen LogP contribution >= 0.6 is 0 Å². The average Bonchev–Trinajstić information content (AvgIpc) is 3.04. The topological polar surface area (TPSA) is 76.2 Å². The van der Waals surface area contributed by atoms with Gasteiger partial charge in [-0.1, -0.05) is 0 Å². The third-order valence-electron chi connectivity index (χ3n) is 3.44. The third-order valence-corrected chi connectivity index (χ3v) is 3.44. The van der Waals surface area contributed by atoms with Gasteiger partial charge in [0.25, 0.3) is 5.91 Å². The fourth-order valence-electron chi connectivity index (χ4n) is 2.27. The van der Waals surface area contributed by atoms with Crippen LogP contribution in [0.25, 0.3) is 11.3 Å². The SMILES string of the molecule is O=C(NOC1CCCCO1)c1cn[nH]c1-c1ccc(F)cc1. The smallest absolute Gasteiger partial charge is 0.278 e. The molecule has 1 aliphatic heterocycles. The number of benzene rings is 1. The maximum absolute atomic E-state index is 13.0. The van der Waals surface area contributed by atoms with Crippen molar-refractivity contribution in [3.8, 4) is 11.3 Å². The molecule has 1 aromatic heterocycles. The van der Waals surface area contributed by atoms with Gasteiger partial charge in [0.1, 0.15) is 5.82 Å². The van der Waals surface area contributed by atoms with Crippen LogP contribution in [0.15, 0.2) is 30.5 Å². The number of carbonyl (C=O) groups is 1. The predicted molar refractivity (Wildman–Crippen MR) is 76.1 cm³/mol. The van der Waals surface area contributed by atoms with Crippen molar-refractivity contribution in [1.29, 1.82) is 0 Å². The second-order valence-corrected chi connectivity index (χ2v) is 5.01. The van der Waals surface area contributed by atoms with Gasteiger partial charge < -0.3 is 4.74 Å². The Labute approximate surface area is 126 Å². The first-order valence-corrected chi connectivity index (χ1v) is 7.11. The minimum atomic E-state index is -0.428. The summed E-state index contributed by atoms with van der Waals surface area (Å²) in [6, 6.07) is 5.80. The minimum Gasteiger partial charge on any atom is -0.350 e. The lowest BCUT2D eigenvalue weighted by atomic mass is 10.1. The highest BCUT2D eigenvalue weighted by atomic mass is 19.1. The van der Waals surface area contributed by atoms with Crippen molar-refractivity contribution in [3.63, 3.8) is 0 Å². The van der Waals surface area contributed by atoms with Gasteiger partial charge in [0, 0.05) is 18.6 Å². The highest BCUT2D eigenvalue weighted by molar-refractivity contribution is 5.99. The van der Waals surface area contributed by atoms with E-state index < -0.39 is 12.2 Å². The van der Waals surface area contributed by atoms with Crippen molar-refractivity contribution in [2.24, 2.45) is 0 Å². The van der Waals surface area contributed by atoms with E-state index in [9.17, 15) is 9.18 Å². The standard InChI is InChI=1S/C15H16FN3O3/c16-11-6-4-10(5-7-11)14-12(9-17-18-14)15(20)19-22-13-3-1-2-8-21-13/h4-7,9,13H,1-3,8H2,(H,17,18)(H,19,20). The van der Waals surface area contributed by atoms with Crippen molar-refractivity contribution < 1.29 is 18.8 Å². The summed E-state index contributed by atoms with van der Waals surface area (Å²) in [5.74, 6) is -0.769. The molecule has 2 N–H and O–H groups in total. The van der Waals surface area contributed by atoms with Crippen molar-refractivity contribution >= 4 is 5.91 Å². The number of H-pyrrole nitrogens is 1. The molecule has 7 heteroatoms. The molecular formula is C15H16FN3O3. The van der Waals surface area contributed by atoms with Crippen molar-refractivity contribution in [1.82, 2.24) is 15.7 Å². The van der Waals surface area contributed by atoms with Crippen LogP contribution in [0.5, 0.6) is 0 Å². The average molecular weight is 305 g/mol. The van der Waals surface area contributed by atoms with Gasteiger partial charge in [-0.15, -0.1) is 0 Å². The Hall–Kier alpha value is -2.25. The molecule has 6 nitrogen and oxygen atoms in total. The monoisotopic (exact) mass is 305 g/mol. The van der Waals surface area contributed by atoms with Gasteiger partial charge in [0.2, 0.25) is 0 Å². The number of carbonyl (C=O) groups excluding carboxylic acids is 1. The minimum absolute atomic E-state index is 0.322. The summed E-state index contributed by atoms with van der Waals surface area (Å²) in [6.07, 6.45) is 3.74. The number of nitrogens with one attached hydrogen (secondary N) is 2. The zero-order valence-electron chi connectivity index (χ0n) is 11.8. The molecule has 1 aromatic carbocycles.